The van der Waals surface area contributed by atoms with Gasteiger partial charge in [-0.2, -0.15) is 8.42 Å². The number of hydrogen-bond acceptors (Lipinski definition) is 4. The molecule has 0 radical (unpaired) electrons. The van der Waals surface area contributed by atoms with E-state index >= 15 is 0 Å². The van der Waals surface area contributed by atoms with E-state index in [-0.39, 0.29) is 18.9 Å². The summed E-state index contributed by atoms with van der Waals surface area (Å²) in [4.78, 5) is 11.4. The second-order valence-electron chi connectivity index (χ2n) is 5.57. The van der Waals surface area contributed by atoms with Gasteiger partial charge in [-0.1, -0.05) is 13.3 Å². The number of alkyl carbamates (subject to hydrolysis) is 1. The molecule has 1 amide bonds. The molecule has 0 saturated heterocycles. The van der Waals surface area contributed by atoms with Crippen LogP contribution in [0.3, 0.4) is 0 Å². The van der Waals surface area contributed by atoms with Crippen LogP contribution in [0.5, 0.6) is 0 Å². The third kappa shape index (κ3) is 11.9. The van der Waals surface area contributed by atoms with Crippen LogP contribution in [-0.2, 0) is 15.0 Å². The highest BCUT2D eigenvalue weighted by Gasteiger charge is 2.18. The molecule has 19 heavy (non-hydrogen) atoms. The third-order valence-corrected chi connectivity index (χ3v) is 3.12. The zero-order valence-corrected chi connectivity index (χ0v) is 12.8. The van der Waals surface area contributed by atoms with E-state index < -0.39 is 27.7 Å². The van der Waals surface area contributed by atoms with Crippen molar-refractivity contribution >= 4 is 16.3 Å². The summed E-state index contributed by atoms with van der Waals surface area (Å²) in [7, 11) is -4.45. The van der Waals surface area contributed by atoms with E-state index in [0.29, 0.717) is 0 Å². The molecule has 0 aliphatic carbocycles. The molecule has 5 nitrogen and oxygen atoms in total. The van der Waals surface area contributed by atoms with Gasteiger partial charge in [0.1, 0.15) is 5.60 Å². The Bertz CT molecular complexity index is 376. The summed E-state index contributed by atoms with van der Waals surface area (Å²) >= 11 is 0. The van der Waals surface area contributed by atoms with Gasteiger partial charge in [0.15, 0.2) is 0 Å². The first-order valence-electron chi connectivity index (χ1n) is 6.42. The van der Waals surface area contributed by atoms with Crippen molar-refractivity contribution in [1.82, 2.24) is 5.32 Å². The van der Waals surface area contributed by atoms with Crippen molar-refractivity contribution in [1.29, 1.82) is 0 Å². The summed E-state index contributed by atoms with van der Waals surface area (Å²) in [6, 6.07) is 0. The maximum absolute atomic E-state index is 12.5. The van der Waals surface area contributed by atoms with Crippen molar-refractivity contribution < 1.29 is 21.8 Å². The average molecular weight is 297 g/mol. The second kappa shape index (κ2) is 7.67. The van der Waals surface area contributed by atoms with Gasteiger partial charge in [-0.15, -0.1) is 3.89 Å². The molecule has 7 heteroatoms. The van der Waals surface area contributed by atoms with Crippen molar-refractivity contribution in [2.45, 2.75) is 52.6 Å². The number of carbonyl (C=O) groups is 1. The Morgan fingerprint density at radius 1 is 1.32 bits per heavy atom. The predicted molar refractivity (Wildman–Crippen MR) is 72.1 cm³/mol. The smallest absolute Gasteiger partial charge is 0.407 e. The topological polar surface area (TPSA) is 72.5 Å². The fourth-order valence-corrected chi connectivity index (χ4v) is 2.22. The molecule has 0 saturated carbocycles. The standard InChI is InChI=1S/C12H24FNO4S/c1-5-6-10(7-8-19(13,16)17)9-14-11(15)18-12(2,3)4/h10H,5-9H2,1-4H3,(H,14,15). The summed E-state index contributed by atoms with van der Waals surface area (Å²) < 4.78 is 38.5. The van der Waals surface area contributed by atoms with Crippen molar-refractivity contribution in [2.24, 2.45) is 5.92 Å². The minimum atomic E-state index is -4.45. The van der Waals surface area contributed by atoms with Crippen molar-refractivity contribution in [3.63, 3.8) is 0 Å². The highest BCUT2D eigenvalue weighted by Crippen LogP contribution is 2.13. The molecule has 0 aliphatic rings. The lowest BCUT2D eigenvalue weighted by Crippen LogP contribution is -2.35. The maximum Gasteiger partial charge on any atom is 0.407 e. The number of ether oxygens (including phenoxy) is 1. The zero-order chi connectivity index (χ0) is 15.1. The van der Waals surface area contributed by atoms with E-state index in [1.807, 2.05) is 6.92 Å². The van der Waals surface area contributed by atoms with Crippen LogP contribution in [0.4, 0.5) is 8.68 Å². The van der Waals surface area contributed by atoms with Gasteiger partial charge < -0.3 is 10.1 Å². The van der Waals surface area contributed by atoms with E-state index in [4.69, 9.17) is 4.74 Å². The van der Waals surface area contributed by atoms with Crippen LogP contribution in [0, 0.1) is 5.92 Å². The number of rotatable bonds is 7. The van der Waals surface area contributed by atoms with Crippen LogP contribution < -0.4 is 5.32 Å². The Kier molecular flexibility index (Phi) is 7.33. The van der Waals surface area contributed by atoms with Gasteiger partial charge in [0.05, 0.1) is 5.75 Å². The van der Waals surface area contributed by atoms with E-state index in [1.54, 1.807) is 20.8 Å². The molecule has 0 aromatic rings. The molecule has 0 heterocycles. The molecule has 1 atom stereocenters. The van der Waals surface area contributed by atoms with Crippen molar-refractivity contribution in [2.75, 3.05) is 12.3 Å². The van der Waals surface area contributed by atoms with E-state index in [0.717, 1.165) is 12.8 Å². The minimum absolute atomic E-state index is 0.0666. The van der Waals surface area contributed by atoms with Gasteiger partial charge in [-0.3, -0.25) is 0 Å². The molecule has 0 aromatic carbocycles. The number of amides is 1. The van der Waals surface area contributed by atoms with Crippen LogP contribution in [0.1, 0.15) is 47.0 Å². The summed E-state index contributed by atoms with van der Waals surface area (Å²) in [5.74, 6) is -0.573. The molecule has 114 valence electrons. The lowest BCUT2D eigenvalue weighted by molar-refractivity contribution is 0.0518. The van der Waals surface area contributed by atoms with Crippen molar-refractivity contribution in [3.8, 4) is 0 Å². The zero-order valence-electron chi connectivity index (χ0n) is 12.0. The fraction of sp³-hybridized carbons (Fsp3) is 0.917. The number of nitrogens with one attached hydrogen (secondary N) is 1. The normalized spacial score (nSPS) is 13.9. The lowest BCUT2D eigenvalue weighted by atomic mass is 10.0. The molecular formula is C12H24FNO4S. The van der Waals surface area contributed by atoms with Crippen LogP contribution in [0.25, 0.3) is 0 Å². The van der Waals surface area contributed by atoms with Gasteiger partial charge in [0, 0.05) is 6.54 Å². The average Bonchev–Trinajstić information content (AvgIpc) is 2.18. The first-order chi connectivity index (χ1) is 8.53. The summed E-state index contributed by atoms with van der Waals surface area (Å²) in [5, 5.41) is 2.58. The second-order valence-corrected chi connectivity index (χ2v) is 7.06. The predicted octanol–water partition coefficient (Wildman–Crippen LogP) is 2.62. The van der Waals surface area contributed by atoms with Gasteiger partial charge in [0.25, 0.3) is 0 Å². The van der Waals surface area contributed by atoms with Crippen LogP contribution in [-0.4, -0.2) is 32.4 Å². The summed E-state index contributed by atoms with van der Waals surface area (Å²) in [6.07, 6.45) is 1.22. The Labute approximate surface area is 115 Å². The molecule has 1 unspecified atom stereocenters. The first-order valence-corrected chi connectivity index (χ1v) is 7.98. The van der Waals surface area contributed by atoms with Crippen molar-refractivity contribution in [3.05, 3.63) is 0 Å². The van der Waals surface area contributed by atoms with E-state index in [2.05, 4.69) is 5.32 Å². The van der Waals surface area contributed by atoms with Crippen LogP contribution in [0.2, 0.25) is 0 Å². The highest BCUT2D eigenvalue weighted by atomic mass is 32.3. The van der Waals surface area contributed by atoms with Gasteiger partial charge in [0.2, 0.25) is 0 Å². The monoisotopic (exact) mass is 297 g/mol. The molecular weight excluding hydrogens is 273 g/mol. The molecule has 0 spiro atoms. The Morgan fingerprint density at radius 3 is 2.32 bits per heavy atom. The van der Waals surface area contributed by atoms with Gasteiger partial charge in [-0.25, -0.2) is 4.79 Å². The molecule has 0 fully saturated rings. The Balaban J connectivity index is 4.17. The highest BCUT2D eigenvalue weighted by molar-refractivity contribution is 7.86. The fourth-order valence-electron chi connectivity index (χ4n) is 1.61. The molecule has 0 aliphatic heterocycles. The van der Waals surface area contributed by atoms with Gasteiger partial charge in [-0.05, 0) is 39.5 Å². The molecule has 1 N–H and O–H groups in total. The Morgan fingerprint density at radius 2 is 1.89 bits per heavy atom. The first kappa shape index (κ1) is 18.1. The minimum Gasteiger partial charge on any atom is -0.444 e. The lowest BCUT2D eigenvalue weighted by Gasteiger charge is -2.21. The molecule has 0 aromatic heterocycles. The largest absolute Gasteiger partial charge is 0.444 e. The quantitative estimate of drug-likeness (QED) is 0.733. The van der Waals surface area contributed by atoms with E-state index in [1.165, 1.54) is 0 Å². The van der Waals surface area contributed by atoms with Crippen LogP contribution >= 0.6 is 0 Å². The molecule has 0 bridgehead atoms. The SMILES string of the molecule is CCCC(CCS(=O)(=O)F)CNC(=O)OC(C)(C)C. The van der Waals surface area contributed by atoms with Crippen LogP contribution in [0.15, 0.2) is 0 Å². The summed E-state index contributed by atoms with van der Waals surface area (Å²) in [6.45, 7) is 7.51. The van der Waals surface area contributed by atoms with E-state index in [9.17, 15) is 17.1 Å². The van der Waals surface area contributed by atoms with Gasteiger partial charge >= 0.3 is 16.3 Å². The molecule has 0 rings (SSSR count). The number of hydrogen-bond donors (Lipinski definition) is 1. The maximum atomic E-state index is 12.5. The summed E-state index contributed by atoms with van der Waals surface area (Å²) in [5.41, 5.74) is -0.577. The third-order valence-electron chi connectivity index (χ3n) is 2.40. The number of carbonyl (C=O) groups excluding carboxylic acids is 1. The number of halogens is 1. The Hall–Kier alpha value is -0.850.